The van der Waals surface area contributed by atoms with Gasteiger partial charge in [-0.25, -0.2) is 10.9 Å². The molecule has 3 heterocycles. The highest BCUT2D eigenvalue weighted by Gasteiger charge is 2.34. The fourth-order valence-electron chi connectivity index (χ4n) is 3.83. The molecule has 2 atom stereocenters. The van der Waals surface area contributed by atoms with Crippen LogP contribution in [0.5, 0.6) is 0 Å². The first-order valence-corrected chi connectivity index (χ1v) is 9.67. The number of hydrazine groups is 1. The Bertz CT molecular complexity index is 832. The van der Waals surface area contributed by atoms with Gasteiger partial charge in [-0.15, -0.1) is 0 Å². The van der Waals surface area contributed by atoms with Gasteiger partial charge in [-0.3, -0.25) is 14.6 Å². The summed E-state index contributed by atoms with van der Waals surface area (Å²) in [6.07, 6.45) is 4.31. The second kappa shape index (κ2) is 8.08. The number of ketones is 1. The van der Waals surface area contributed by atoms with Gasteiger partial charge in [0.25, 0.3) is 0 Å². The van der Waals surface area contributed by atoms with Crippen LogP contribution < -0.4 is 15.8 Å². The van der Waals surface area contributed by atoms with Gasteiger partial charge in [0, 0.05) is 55.9 Å². The number of aromatic nitrogens is 1. The quantitative estimate of drug-likeness (QED) is 0.785. The number of piperazine rings is 1. The van der Waals surface area contributed by atoms with Crippen molar-refractivity contribution in [3.05, 3.63) is 59.9 Å². The van der Waals surface area contributed by atoms with E-state index in [0.29, 0.717) is 13.1 Å². The number of nitrogens with one attached hydrogen (secondary N) is 2. The Morgan fingerprint density at radius 1 is 1.04 bits per heavy atom. The summed E-state index contributed by atoms with van der Waals surface area (Å²) < 4.78 is 0. The minimum atomic E-state index is -0.216. The van der Waals surface area contributed by atoms with Gasteiger partial charge < -0.3 is 9.80 Å². The number of Topliss-reactive ketones (excluding diaryl/α,β-unsaturated/α-hetero) is 1. The number of benzene rings is 1. The summed E-state index contributed by atoms with van der Waals surface area (Å²) in [6, 6.07) is 11.5. The van der Waals surface area contributed by atoms with Crippen molar-refractivity contribution in [2.24, 2.45) is 0 Å². The van der Waals surface area contributed by atoms with Gasteiger partial charge in [-0.05, 0) is 49.2 Å². The third-order valence-corrected chi connectivity index (χ3v) is 5.52. The Hall–Kier alpha value is -2.77. The van der Waals surface area contributed by atoms with Crippen molar-refractivity contribution in [2.75, 3.05) is 31.1 Å². The molecule has 2 fully saturated rings. The summed E-state index contributed by atoms with van der Waals surface area (Å²) in [5.41, 5.74) is 9.27. The van der Waals surface area contributed by atoms with Crippen LogP contribution in [0.25, 0.3) is 0 Å². The van der Waals surface area contributed by atoms with Gasteiger partial charge in [-0.2, -0.15) is 0 Å². The molecule has 0 saturated carbocycles. The highest BCUT2D eigenvalue weighted by molar-refractivity contribution is 5.94. The average molecular weight is 379 g/mol. The van der Waals surface area contributed by atoms with Crippen LogP contribution in [0.1, 0.15) is 35.3 Å². The van der Waals surface area contributed by atoms with E-state index in [1.807, 2.05) is 47.5 Å². The summed E-state index contributed by atoms with van der Waals surface area (Å²) >= 11 is 0. The lowest BCUT2D eigenvalue weighted by Crippen LogP contribution is -2.53. The molecule has 0 bridgehead atoms. The van der Waals surface area contributed by atoms with Crippen LogP contribution in [0.2, 0.25) is 0 Å². The first kappa shape index (κ1) is 18.6. The number of amides is 1. The van der Waals surface area contributed by atoms with Gasteiger partial charge in [0.15, 0.2) is 5.78 Å². The Morgan fingerprint density at radius 3 is 2.43 bits per heavy atom. The number of hydrogen-bond acceptors (Lipinski definition) is 6. The molecule has 4 rings (SSSR count). The number of anilines is 1. The molecule has 2 saturated heterocycles. The molecule has 7 heteroatoms. The summed E-state index contributed by atoms with van der Waals surface area (Å²) in [5, 5.41) is 0. The zero-order valence-electron chi connectivity index (χ0n) is 16.0. The molecule has 2 unspecified atom stereocenters. The molecule has 28 heavy (non-hydrogen) atoms. The predicted octanol–water partition coefficient (Wildman–Crippen LogP) is 1.54. The zero-order valence-corrected chi connectivity index (χ0v) is 16.0. The number of nitrogens with zero attached hydrogens (tertiary/aromatic N) is 3. The van der Waals surface area contributed by atoms with E-state index in [4.69, 9.17) is 0 Å². The first-order valence-electron chi connectivity index (χ1n) is 9.67. The first-order chi connectivity index (χ1) is 13.6. The van der Waals surface area contributed by atoms with Crippen LogP contribution in [0.3, 0.4) is 0 Å². The summed E-state index contributed by atoms with van der Waals surface area (Å²) in [6.45, 7) is 4.55. The van der Waals surface area contributed by atoms with Crippen molar-refractivity contribution in [1.82, 2.24) is 20.7 Å². The molecule has 1 aromatic heterocycles. The third kappa shape index (κ3) is 3.90. The van der Waals surface area contributed by atoms with Crippen LogP contribution >= 0.6 is 0 Å². The van der Waals surface area contributed by atoms with Gasteiger partial charge in [0.2, 0.25) is 5.91 Å². The maximum absolute atomic E-state index is 12.9. The number of carbonyl (C=O) groups is 2. The second-order valence-corrected chi connectivity index (χ2v) is 7.33. The monoisotopic (exact) mass is 379 g/mol. The Kier molecular flexibility index (Phi) is 5.36. The average Bonchev–Trinajstić information content (AvgIpc) is 3.24. The van der Waals surface area contributed by atoms with Crippen molar-refractivity contribution < 1.29 is 9.59 Å². The molecule has 2 N–H and O–H groups in total. The number of pyridine rings is 1. The van der Waals surface area contributed by atoms with E-state index < -0.39 is 0 Å². The summed E-state index contributed by atoms with van der Waals surface area (Å²) in [5.74, 6) is 0.217. The van der Waals surface area contributed by atoms with Crippen LogP contribution in [0, 0.1) is 0 Å². The van der Waals surface area contributed by atoms with Gasteiger partial charge in [-0.1, -0.05) is 6.07 Å². The van der Waals surface area contributed by atoms with Crippen molar-refractivity contribution in [3.63, 3.8) is 0 Å². The lowest BCUT2D eigenvalue weighted by molar-refractivity contribution is -0.133. The highest BCUT2D eigenvalue weighted by atomic mass is 16.2. The topological polar surface area (TPSA) is 77.6 Å². The highest BCUT2D eigenvalue weighted by Crippen LogP contribution is 2.23. The number of hydrogen-bond donors (Lipinski definition) is 2. The predicted molar refractivity (Wildman–Crippen MR) is 107 cm³/mol. The fourth-order valence-corrected chi connectivity index (χ4v) is 3.83. The molecule has 7 nitrogen and oxygen atoms in total. The van der Waals surface area contributed by atoms with Crippen LogP contribution in [0.15, 0.2) is 48.8 Å². The lowest BCUT2D eigenvalue weighted by atomic mass is 10.0. The minimum Gasteiger partial charge on any atom is -0.368 e. The van der Waals surface area contributed by atoms with Gasteiger partial charge >= 0.3 is 0 Å². The maximum atomic E-state index is 12.9. The second-order valence-electron chi connectivity index (χ2n) is 7.33. The molecule has 2 aliphatic heterocycles. The summed E-state index contributed by atoms with van der Waals surface area (Å²) in [4.78, 5) is 32.7. The van der Waals surface area contributed by atoms with Crippen molar-refractivity contribution in [2.45, 2.75) is 25.4 Å². The molecule has 146 valence electrons. The molecule has 0 radical (unpaired) electrons. The number of carbonyl (C=O) groups excluding carboxylic acids is 2. The van der Waals surface area contributed by atoms with E-state index in [2.05, 4.69) is 20.7 Å². The smallest absolute Gasteiger partial charge is 0.241 e. The molecule has 0 spiro atoms. The van der Waals surface area contributed by atoms with E-state index >= 15 is 0 Å². The molecular weight excluding hydrogens is 354 g/mol. The Balaban J connectivity index is 1.31. The molecule has 1 aromatic carbocycles. The van der Waals surface area contributed by atoms with Crippen molar-refractivity contribution in [3.8, 4) is 0 Å². The normalized spacial score (nSPS) is 22.3. The minimum absolute atomic E-state index is 0.0734. The molecule has 2 aromatic rings. The molecule has 0 aliphatic carbocycles. The Morgan fingerprint density at radius 2 is 1.79 bits per heavy atom. The van der Waals surface area contributed by atoms with E-state index in [9.17, 15) is 9.59 Å². The SMILES string of the molecule is CC(=O)c1ccc(N2CCN(C(=O)C3CC(c4cccnc4)NN3)CC2)cc1. The van der Waals surface area contributed by atoms with Gasteiger partial charge in [0.05, 0.1) is 0 Å². The lowest BCUT2D eigenvalue weighted by Gasteiger charge is -2.37. The Labute approximate surface area is 164 Å². The largest absolute Gasteiger partial charge is 0.368 e. The zero-order chi connectivity index (χ0) is 19.5. The van der Waals surface area contributed by atoms with E-state index in [1.165, 1.54) is 0 Å². The van der Waals surface area contributed by atoms with Crippen molar-refractivity contribution in [1.29, 1.82) is 0 Å². The molecule has 2 aliphatic rings. The van der Waals surface area contributed by atoms with Gasteiger partial charge in [0.1, 0.15) is 6.04 Å². The van der Waals surface area contributed by atoms with E-state index in [-0.39, 0.29) is 23.8 Å². The third-order valence-electron chi connectivity index (χ3n) is 5.52. The van der Waals surface area contributed by atoms with Crippen LogP contribution in [-0.4, -0.2) is 53.8 Å². The van der Waals surface area contributed by atoms with E-state index in [0.717, 1.165) is 36.3 Å². The molecule has 1 amide bonds. The molecular formula is C21H25N5O2. The van der Waals surface area contributed by atoms with Crippen LogP contribution in [0.4, 0.5) is 5.69 Å². The summed E-state index contributed by atoms with van der Waals surface area (Å²) in [7, 11) is 0. The fraction of sp³-hybridized carbons (Fsp3) is 0.381. The standard InChI is InChI=1S/C21H25N5O2/c1-15(27)16-4-6-18(7-5-16)25-9-11-26(12-10-25)21(28)20-13-19(23-24-20)17-3-2-8-22-14-17/h2-8,14,19-20,23-24H,9-13H2,1H3. The van der Waals surface area contributed by atoms with E-state index in [1.54, 1.807) is 13.1 Å². The maximum Gasteiger partial charge on any atom is 0.241 e. The number of rotatable bonds is 4. The van der Waals surface area contributed by atoms with Crippen LogP contribution in [-0.2, 0) is 4.79 Å². The van der Waals surface area contributed by atoms with Crippen molar-refractivity contribution >= 4 is 17.4 Å².